The Morgan fingerprint density at radius 2 is 1.96 bits per heavy atom. The van der Waals surface area contributed by atoms with E-state index in [9.17, 15) is 9.59 Å². The van der Waals surface area contributed by atoms with Crippen LogP contribution in [0, 0.1) is 0 Å². The zero-order chi connectivity index (χ0) is 17.9. The van der Waals surface area contributed by atoms with Gasteiger partial charge in [-0.3, -0.25) is 9.59 Å². The molecule has 0 saturated carbocycles. The van der Waals surface area contributed by atoms with Crippen LogP contribution in [0.4, 0.5) is 11.4 Å². The Balaban J connectivity index is 1.55. The van der Waals surface area contributed by atoms with E-state index in [4.69, 9.17) is 9.15 Å². The number of amides is 2. The third kappa shape index (κ3) is 3.21. The van der Waals surface area contributed by atoms with Crippen molar-refractivity contribution < 1.29 is 18.7 Å². The molecule has 1 aromatic heterocycles. The van der Waals surface area contributed by atoms with Gasteiger partial charge in [0.25, 0.3) is 5.91 Å². The highest BCUT2D eigenvalue weighted by Crippen LogP contribution is 2.36. The van der Waals surface area contributed by atoms with Crippen LogP contribution < -0.4 is 15.4 Å². The van der Waals surface area contributed by atoms with Crippen LogP contribution in [-0.4, -0.2) is 11.8 Å². The zero-order valence-electron chi connectivity index (χ0n) is 13.6. The molecule has 1 aliphatic heterocycles. The molecule has 128 valence electrons. The van der Waals surface area contributed by atoms with Crippen LogP contribution in [0.2, 0.25) is 0 Å². The van der Waals surface area contributed by atoms with Crippen molar-refractivity contribution in [2.75, 3.05) is 10.6 Å². The number of carbonyl (C=O) groups excluding carboxylic acids is 2. The fraction of sp³-hybridized carbons (Fsp3) is 0. The number of para-hydroxylation sites is 2. The molecule has 6 heteroatoms. The van der Waals surface area contributed by atoms with Gasteiger partial charge in [0.2, 0.25) is 5.91 Å². The number of furan rings is 1. The summed E-state index contributed by atoms with van der Waals surface area (Å²) in [4.78, 5) is 24.5. The second-order valence-electron chi connectivity index (χ2n) is 5.64. The Kier molecular flexibility index (Phi) is 3.99. The molecule has 26 heavy (non-hydrogen) atoms. The van der Waals surface area contributed by atoms with E-state index in [0.29, 0.717) is 28.4 Å². The van der Waals surface area contributed by atoms with Gasteiger partial charge >= 0.3 is 0 Å². The third-order valence-corrected chi connectivity index (χ3v) is 3.82. The minimum atomic E-state index is -0.315. The van der Waals surface area contributed by atoms with E-state index in [1.165, 1.54) is 18.6 Å². The minimum absolute atomic E-state index is 0.296. The summed E-state index contributed by atoms with van der Waals surface area (Å²) in [6, 6.07) is 13.9. The van der Waals surface area contributed by atoms with Gasteiger partial charge in [-0.1, -0.05) is 12.1 Å². The fourth-order valence-corrected chi connectivity index (χ4v) is 2.57. The molecule has 2 heterocycles. The number of carbonyl (C=O) groups is 2. The van der Waals surface area contributed by atoms with Gasteiger partial charge in [-0.15, -0.1) is 0 Å². The summed E-state index contributed by atoms with van der Waals surface area (Å²) < 4.78 is 10.7. The van der Waals surface area contributed by atoms with Crippen LogP contribution in [0.1, 0.15) is 15.9 Å². The number of nitrogens with one attached hydrogen (secondary N) is 2. The lowest BCUT2D eigenvalue weighted by molar-refractivity contribution is -0.111. The monoisotopic (exact) mass is 346 g/mol. The lowest BCUT2D eigenvalue weighted by Gasteiger charge is -2.09. The van der Waals surface area contributed by atoms with Crippen LogP contribution in [-0.2, 0) is 4.79 Å². The molecule has 2 amide bonds. The van der Waals surface area contributed by atoms with E-state index in [2.05, 4.69) is 10.6 Å². The number of benzene rings is 2. The van der Waals surface area contributed by atoms with Gasteiger partial charge in [-0.05, 0) is 42.5 Å². The summed E-state index contributed by atoms with van der Waals surface area (Å²) in [5.74, 6) is 0.387. The number of fused-ring (bicyclic) bond motifs is 2. The quantitative estimate of drug-likeness (QED) is 0.693. The van der Waals surface area contributed by atoms with Crippen molar-refractivity contribution in [2.24, 2.45) is 0 Å². The molecule has 0 spiro atoms. The Hall–Kier alpha value is -3.80. The fourth-order valence-electron chi connectivity index (χ4n) is 2.57. The van der Waals surface area contributed by atoms with Crippen molar-refractivity contribution in [2.45, 2.75) is 0 Å². The number of hydrogen-bond acceptors (Lipinski definition) is 4. The summed E-state index contributed by atoms with van der Waals surface area (Å²) in [7, 11) is 0. The molecule has 0 radical (unpaired) electrons. The number of ether oxygens (including phenoxy) is 1. The zero-order valence-corrected chi connectivity index (χ0v) is 13.6. The molecule has 2 N–H and O–H groups in total. The summed E-state index contributed by atoms with van der Waals surface area (Å²) in [5.41, 5.74) is 2.23. The van der Waals surface area contributed by atoms with Crippen LogP contribution in [0.5, 0.6) is 11.5 Å². The normalized spacial score (nSPS) is 12.5. The molecule has 0 aliphatic carbocycles. The van der Waals surface area contributed by atoms with E-state index in [1.54, 1.807) is 42.5 Å². The van der Waals surface area contributed by atoms with Gasteiger partial charge in [0.05, 0.1) is 23.8 Å². The van der Waals surface area contributed by atoms with Crippen molar-refractivity contribution in [3.63, 3.8) is 0 Å². The highest BCUT2D eigenvalue weighted by molar-refractivity contribution is 6.09. The predicted molar refractivity (Wildman–Crippen MR) is 97.3 cm³/mol. The molecule has 0 saturated heterocycles. The maximum atomic E-state index is 12.5. The number of anilines is 2. The molecule has 0 fully saturated rings. The molecule has 0 atom stereocenters. The second kappa shape index (κ2) is 6.60. The van der Waals surface area contributed by atoms with Crippen LogP contribution in [0.3, 0.4) is 0 Å². The first-order valence-electron chi connectivity index (χ1n) is 7.92. The average molecular weight is 346 g/mol. The van der Waals surface area contributed by atoms with E-state index < -0.39 is 0 Å². The van der Waals surface area contributed by atoms with Crippen molar-refractivity contribution >= 4 is 29.3 Å². The second-order valence-corrected chi connectivity index (χ2v) is 5.64. The summed E-state index contributed by atoms with van der Waals surface area (Å²) in [6.45, 7) is 0. The average Bonchev–Trinajstić information content (AvgIpc) is 3.11. The topological polar surface area (TPSA) is 80.6 Å². The maximum absolute atomic E-state index is 12.5. The lowest BCUT2D eigenvalue weighted by atomic mass is 10.1. The van der Waals surface area contributed by atoms with Gasteiger partial charge in [0, 0.05) is 17.3 Å². The third-order valence-electron chi connectivity index (χ3n) is 3.82. The standard InChI is InChI=1S/C20H14N2O4/c23-19(8-5-13-9-10-25-12-13)21-14-6-7-17-15(11-14)20(24)22-16-3-1-2-4-18(16)26-17/h1-12H,(H,21,23)(H,22,24). The molecule has 1 aliphatic rings. The Morgan fingerprint density at radius 3 is 2.81 bits per heavy atom. The summed E-state index contributed by atoms with van der Waals surface area (Å²) in [6.07, 6.45) is 6.09. The number of rotatable bonds is 3. The molecule has 3 aromatic rings. The number of hydrogen-bond donors (Lipinski definition) is 2. The minimum Gasteiger partial charge on any atom is -0.472 e. The van der Waals surface area contributed by atoms with Crippen LogP contribution in [0.15, 0.2) is 71.6 Å². The van der Waals surface area contributed by atoms with Crippen molar-refractivity contribution in [1.82, 2.24) is 0 Å². The summed E-state index contributed by atoms with van der Waals surface area (Å²) >= 11 is 0. The van der Waals surface area contributed by atoms with Gasteiger partial charge in [0.15, 0.2) is 5.75 Å². The first-order valence-corrected chi connectivity index (χ1v) is 7.92. The molecular formula is C20H14N2O4. The molecule has 2 aromatic carbocycles. The summed E-state index contributed by atoms with van der Waals surface area (Å²) in [5, 5.41) is 5.53. The maximum Gasteiger partial charge on any atom is 0.259 e. The Bertz CT molecular complexity index is 1010. The molecular weight excluding hydrogens is 332 g/mol. The van der Waals surface area contributed by atoms with E-state index in [1.807, 2.05) is 12.1 Å². The van der Waals surface area contributed by atoms with Gasteiger partial charge < -0.3 is 19.8 Å². The smallest absolute Gasteiger partial charge is 0.259 e. The highest BCUT2D eigenvalue weighted by atomic mass is 16.5. The molecule has 4 rings (SSSR count). The van der Waals surface area contributed by atoms with Gasteiger partial charge in [-0.25, -0.2) is 0 Å². The van der Waals surface area contributed by atoms with Gasteiger partial charge in [0.1, 0.15) is 5.75 Å². The SMILES string of the molecule is O=C(C=Cc1ccoc1)Nc1ccc2c(c1)C(=O)Nc1ccccc1O2. The van der Waals surface area contributed by atoms with Crippen molar-refractivity contribution in [3.05, 3.63) is 78.3 Å². The van der Waals surface area contributed by atoms with E-state index in [0.717, 1.165) is 5.56 Å². The van der Waals surface area contributed by atoms with Crippen LogP contribution >= 0.6 is 0 Å². The Labute approximate surface area is 149 Å². The molecule has 0 bridgehead atoms. The van der Waals surface area contributed by atoms with Crippen molar-refractivity contribution in [3.8, 4) is 11.5 Å². The van der Waals surface area contributed by atoms with Gasteiger partial charge in [-0.2, -0.15) is 0 Å². The van der Waals surface area contributed by atoms with E-state index in [-0.39, 0.29) is 11.8 Å². The van der Waals surface area contributed by atoms with E-state index >= 15 is 0 Å². The first-order chi connectivity index (χ1) is 12.7. The molecule has 0 unspecified atom stereocenters. The Morgan fingerprint density at radius 1 is 1.08 bits per heavy atom. The lowest BCUT2D eigenvalue weighted by Crippen LogP contribution is -2.12. The van der Waals surface area contributed by atoms with Crippen molar-refractivity contribution in [1.29, 1.82) is 0 Å². The predicted octanol–water partition coefficient (Wildman–Crippen LogP) is 4.29. The highest BCUT2D eigenvalue weighted by Gasteiger charge is 2.21. The van der Waals surface area contributed by atoms with Crippen LogP contribution in [0.25, 0.3) is 6.08 Å². The molecule has 6 nitrogen and oxygen atoms in total. The largest absolute Gasteiger partial charge is 0.472 e. The first kappa shape index (κ1) is 15.7.